The van der Waals surface area contributed by atoms with Crippen LogP contribution in [-0.4, -0.2) is 20.0 Å². The Morgan fingerprint density at radius 1 is 0.964 bits per heavy atom. The van der Waals surface area contributed by atoms with Crippen LogP contribution >= 0.6 is 23.4 Å². The average Bonchev–Trinajstić information content (AvgIpc) is 2.74. The molecule has 0 aliphatic carbocycles. The third-order valence-corrected chi connectivity index (χ3v) is 5.90. The van der Waals surface area contributed by atoms with Gasteiger partial charge in [0.2, 0.25) is 0 Å². The van der Waals surface area contributed by atoms with Gasteiger partial charge in [0, 0.05) is 22.3 Å². The zero-order chi connectivity index (χ0) is 19.9. The average molecular weight is 413 g/mol. The summed E-state index contributed by atoms with van der Waals surface area (Å²) in [5.41, 5.74) is 1.74. The van der Waals surface area contributed by atoms with Crippen molar-refractivity contribution in [2.24, 2.45) is 0 Å². The molecule has 3 aromatic carbocycles. The number of methoxy groups -OCH3 is 2. The molecule has 144 valence electrons. The quantitative estimate of drug-likeness (QED) is 0.314. The molecule has 0 saturated heterocycles. The summed E-state index contributed by atoms with van der Waals surface area (Å²) < 4.78 is 10.9. The predicted molar refractivity (Wildman–Crippen MR) is 115 cm³/mol. The van der Waals surface area contributed by atoms with Crippen molar-refractivity contribution in [3.63, 3.8) is 0 Å². The van der Waals surface area contributed by atoms with Crippen molar-refractivity contribution in [1.82, 2.24) is 0 Å². The Hall–Kier alpha value is -2.43. The first-order valence-electron chi connectivity index (χ1n) is 8.83. The molecule has 3 aromatic rings. The Bertz CT molecular complexity index is 926. The van der Waals surface area contributed by atoms with Crippen LogP contribution in [0.4, 0.5) is 0 Å². The molecule has 0 radical (unpaired) electrons. The highest BCUT2D eigenvalue weighted by molar-refractivity contribution is 7.99. The molecular weight excluding hydrogens is 392 g/mol. The predicted octanol–water partition coefficient (Wildman–Crippen LogP) is 6.46. The summed E-state index contributed by atoms with van der Waals surface area (Å²) >= 11 is 7.64. The van der Waals surface area contributed by atoms with E-state index in [9.17, 15) is 4.79 Å². The standard InChI is InChI=1S/C23H21ClO3S/c1-26-19-12-13-21(27-2)23(14-19)28-22(17-8-10-18(24)11-9-17)15-20(25)16-6-4-3-5-7-16/h3-14,22H,15H2,1-2H3/t22-/m0/s1. The molecule has 0 saturated carbocycles. The van der Waals surface area contributed by atoms with Gasteiger partial charge < -0.3 is 9.47 Å². The van der Waals surface area contributed by atoms with Crippen molar-refractivity contribution in [1.29, 1.82) is 0 Å². The summed E-state index contributed by atoms with van der Waals surface area (Å²) in [6.07, 6.45) is 0.358. The molecule has 3 nitrogen and oxygen atoms in total. The van der Waals surface area contributed by atoms with E-state index in [1.165, 1.54) is 0 Å². The molecule has 0 aliphatic heterocycles. The minimum atomic E-state index is -0.0917. The van der Waals surface area contributed by atoms with Gasteiger partial charge in [-0.3, -0.25) is 4.79 Å². The van der Waals surface area contributed by atoms with Gasteiger partial charge in [0.1, 0.15) is 11.5 Å². The molecule has 0 N–H and O–H groups in total. The van der Waals surface area contributed by atoms with E-state index in [-0.39, 0.29) is 11.0 Å². The number of hydrogen-bond acceptors (Lipinski definition) is 4. The lowest BCUT2D eigenvalue weighted by Gasteiger charge is -2.19. The molecule has 0 aromatic heterocycles. The summed E-state index contributed by atoms with van der Waals surface area (Å²) in [4.78, 5) is 13.8. The molecule has 0 fully saturated rings. The first-order chi connectivity index (χ1) is 13.6. The maximum Gasteiger partial charge on any atom is 0.164 e. The summed E-state index contributed by atoms with van der Waals surface area (Å²) in [7, 11) is 3.27. The topological polar surface area (TPSA) is 35.5 Å². The SMILES string of the molecule is COc1ccc(OC)c(S[C@@H](CC(=O)c2ccccc2)c2ccc(Cl)cc2)c1. The van der Waals surface area contributed by atoms with Crippen LogP contribution < -0.4 is 9.47 Å². The van der Waals surface area contributed by atoms with Crippen LogP contribution in [0, 0.1) is 0 Å². The molecule has 0 heterocycles. The van der Waals surface area contributed by atoms with Gasteiger partial charge in [0.05, 0.1) is 19.1 Å². The summed E-state index contributed by atoms with van der Waals surface area (Å²) in [6, 6.07) is 22.6. The maximum absolute atomic E-state index is 12.9. The van der Waals surface area contributed by atoms with E-state index in [1.807, 2.05) is 72.8 Å². The summed E-state index contributed by atoms with van der Waals surface area (Å²) in [5, 5.41) is 0.576. The fourth-order valence-electron chi connectivity index (χ4n) is 2.84. The Balaban J connectivity index is 1.92. The lowest BCUT2D eigenvalue weighted by atomic mass is 10.0. The van der Waals surface area contributed by atoms with E-state index in [0.29, 0.717) is 17.0 Å². The fourth-order valence-corrected chi connectivity index (χ4v) is 4.26. The number of thioether (sulfide) groups is 1. The Morgan fingerprint density at radius 2 is 1.68 bits per heavy atom. The van der Waals surface area contributed by atoms with Gasteiger partial charge in [-0.25, -0.2) is 0 Å². The minimum Gasteiger partial charge on any atom is -0.497 e. The Morgan fingerprint density at radius 3 is 2.32 bits per heavy atom. The zero-order valence-corrected chi connectivity index (χ0v) is 17.3. The molecule has 0 spiro atoms. The number of rotatable bonds is 8. The van der Waals surface area contributed by atoms with Crippen LogP contribution in [0.15, 0.2) is 77.7 Å². The van der Waals surface area contributed by atoms with Crippen molar-refractivity contribution >= 4 is 29.1 Å². The lowest BCUT2D eigenvalue weighted by molar-refractivity contribution is 0.0982. The maximum atomic E-state index is 12.9. The normalized spacial score (nSPS) is 11.7. The van der Waals surface area contributed by atoms with E-state index in [2.05, 4.69) is 0 Å². The van der Waals surface area contributed by atoms with E-state index in [1.54, 1.807) is 26.0 Å². The number of carbonyl (C=O) groups is 1. The first kappa shape index (κ1) is 20.3. The van der Waals surface area contributed by atoms with Crippen molar-refractivity contribution in [2.45, 2.75) is 16.6 Å². The fraction of sp³-hybridized carbons (Fsp3) is 0.174. The highest BCUT2D eigenvalue weighted by Crippen LogP contribution is 2.44. The Kier molecular flexibility index (Phi) is 7.01. The van der Waals surface area contributed by atoms with Crippen molar-refractivity contribution in [3.05, 3.63) is 88.9 Å². The van der Waals surface area contributed by atoms with E-state index in [4.69, 9.17) is 21.1 Å². The van der Waals surface area contributed by atoms with Crippen LogP contribution in [0.2, 0.25) is 5.02 Å². The van der Waals surface area contributed by atoms with Crippen LogP contribution in [0.1, 0.15) is 27.6 Å². The number of ether oxygens (including phenoxy) is 2. The number of ketones is 1. The van der Waals surface area contributed by atoms with Gasteiger partial charge in [0.25, 0.3) is 0 Å². The third kappa shape index (κ3) is 5.09. The van der Waals surface area contributed by atoms with E-state index >= 15 is 0 Å². The molecular formula is C23H21ClO3S. The first-order valence-corrected chi connectivity index (χ1v) is 10.1. The van der Waals surface area contributed by atoms with Gasteiger partial charge in [-0.2, -0.15) is 0 Å². The number of halogens is 1. The summed E-state index contributed by atoms with van der Waals surface area (Å²) in [5.74, 6) is 1.58. The van der Waals surface area contributed by atoms with Gasteiger partial charge in [-0.1, -0.05) is 54.1 Å². The van der Waals surface area contributed by atoms with Crippen molar-refractivity contribution < 1.29 is 14.3 Å². The van der Waals surface area contributed by atoms with Gasteiger partial charge in [0.15, 0.2) is 5.78 Å². The molecule has 3 rings (SSSR count). The molecule has 0 unspecified atom stereocenters. The van der Waals surface area contributed by atoms with E-state index < -0.39 is 0 Å². The third-order valence-electron chi connectivity index (χ3n) is 4.35. The molecule has 0 amide bonds. The number of carbonyl (C=O) groups excluding carboxylic acids is 1. The summed E-state index contributed by atoms with van der Waals surface area (Å²) in [6.45, 7) is 0. The lowest BCUT2D eigenvalue weighted by Crippen LogP contribution is -2.05. The highest BCUT2D eigenvalue weighted by atomic mass is 35.5. The minimum absolute atomic E-state index is 0.0917. The monoisotopic (exact) mass is 412 g/mol. The van der Waals surface area contributed by atoms with Crippen LogP contribution in [0.5, 0.6) is 11.5 Å². The highest BCUT2D eigenvalue weighted by Gasteiger charge is 2.21. The van der Waals surface area contributed by atoms with Gasteiger partial charge in [-0.05, 0) is 35.9 Å². The van der Waals surface area contributed by atoms with Crippen molar-refractivity contribution in [2.75, 3.05) is 14.2 Å². The van der Waals surface area contributed by atoms with E-state index in [0.717, 1.165) is 22.0 Å². The number of hydrogen-bond donors (Lipinski definition) is 0. The molecule has 5 heteroatoms. The number of Topliss-reactive ketones (excluding diaryl/α,β-unsaturated/α-hetero) is 1. The van der Waals surface area contributed by atoms with Crippen LogP contribution in [-0.2, 0) is 0 Å². The Labute approximate surface area is 174 Å². The van der Waals surface area contributed by atoms with Crippen LogP contribution in [0.25, 0.3) is 0 Å². The molecule has 28 heavy (non-hydrogen) atoms. The largest absolute Gasteiger partial charge is 0.497 e. The van der Waals surface area contributed by atoms with Crippen LogP contribution in [0.3, 0.4) is 0 Å². The molecule has 1 atom stereocenters. The molecule has 0 bridgehead atoms. The van der Waals surface area contributed by atoms with Crippen molar-refractivity contribution in [3.8, 4) is 11.5 Å². The van der Waals surface area contributed by atoms with Gasteiger partial charge >= 0.3 is 0 Å². The second kappa shape index (κ2) is 9.67. The second-order valence-electron chi connectivity index (χ2n) is 6.17. The zero-order valence-electron chi connectivity index (χ0n) is 15.7. The smallest absolute Gasteiger partial charge is 0.164 e. The number of benzene rings is 3. The van der Waals surface area contributed by atoms with Gasteiger partial charge in [-0.15, -0.1) is 11.8 Å². The second-order valence-corrected chi connectivity index (χ2v) is 7.85. The molecule has 0 aliphatic rings.